The van der Waals surface area contributed by atoms with Crippen LogP contribution in [0.3, 0.4) is 0 Å². The van der Waals surface area contributed by atoms with Crippen LogP contribution in [0.25, 0.3) is 0 Å². The number of hydrogen-bond donors (Lipinski definition) is 7. The van der Waals surface area contributed by atoms with Gasteiger partial charge in [-0.2, -0.15) is 0 Å². The van der Waals surface area contributed by atoms with E-state index in [0.29, 0.717) is 34.1 Å². The van der Waals surface area contributed by atoms with Gasteiger partial charge in [0.15, 0.2) is 0 Å². The van der Waals surface area contributed by atoms with Crippen molar-refractivity contribution in [3.63, 3.8) is 0 Å². The first-order valence-corrected chi connectivity index (χ1v) is 10.4. The number of nitrogens with zero attached hydrogens (tertiary/aromatic N) is 4. The molecule has 0 aromatic carbocycles. The first kappa shape index (κ1) is 27.8. The lowest BCUT2D eigenvalue weighted by atomic mass is 10.3. The number of carbonyl (C=O) groups excluding carboxylic acids is 3. The molecule has 3 amide bonds. The standard InChI is InChI=1S/C21H28N10O4.ClH/c1-29-9-12(22)6-15(29)19(33)26-14-8-17(31(3)11-14)20(34)27-13-7-16(30(2)10-13)18(32)24-4-5-25-21(23)28-35;/h6-11,35H,4-5,22H2,1-3H3,(H,24,32)(H,26,33)(H,27,34)(H3,23,25,28);1H. The van der Waals surface area contributed by atoms with Crippen molar-refractivity contribution >= 4 is 53.2 Å². The van der Waals surface area contributed by atoms with E-state index in [1.54, 1.807) is 71.0 Å². The smallest absolute Gasteiger partial charge is 0.272 e. The third-order valence-corrected chi connectivity index (χ3v) is 5.04. The van der Waals surface area contributed by atoms with E-state index >= 15 is 0 Å². The summed E-state index contributed by atoms with van der Waals surface area (Å²) in [6, 6.07) is 4.64. The minimum Gasteiger partial charge on any atom is -0.397 e. The molecule has 15 heteroatoms. The van der Waals surface area contributed by atoms with Gasteiger partial charge < -0.3 is 41.1 Å². The molecule has 0 spiro atoms. The summed E-state index contributed by atoms with van der Waals surface area (Å²) in [6.07, 6.45) is 4.85. The Morgan fingerprint density at radius 1 is 0.861 bits per heavy atom. The van der Waals surface area contributed by atoms with E-state index in [1.807, 2.05) is 0 Å². The molecule has 0 aliphatic carbocycles. The van der Waals surface area contributed by atoms with Crippen molar-refractivity contribution in [2.75, 3.05) is 29.5 Å². The number of hydrogen-bond acceptors (Lipinski definition) is 6. The van der Waals surface area contributed by atoms with Gasteiger partial charge in [-0.15, -0.1) is 12.4 Å². The number of aliphatic imine (C=N–C) groups is 1. The highest BCUT2D eigenvalue weighted by molar-refractivity contribution is 6.07. The van der Waals surface area contributed by atoms with Crippen molar-refractivity contribution < 1.29 is 19.6 Å². The van der Waals surface area contributed by atoms with Crippen molar-refractivity contribution in [1.82, 2.24) is 24.5 Å². The Morgan fingerprint density at radius 2 is 1.33 bits per heavy atom. The van der Waals surface area contributed by atoms with E-state index in [9.17, 15) is 14.4 Å². The summed E-state index contributed by atoms with van der Waals surface area (Å²) in [5, 5.41) is 16.7. The summed E-state index contributed by atoms with van der Waals surface area (Å²) < 4.78 is 4.76. The number of hydroxylamine groups is 1. The van der Waals surface area contributed by atoms with Crippen LogP contribution in [-0.4, -0.2) is 55.7 Å². The third kappa shape index (κ3) is 6.58. The van der Waals surface area contributed by atoms with Gasteiger partial charge >= 0.3 is 0 Å². The van der Waals surface area contributed by atoms with Crippen LogP contribution in [0.1, 0.15) is 31.5 Å². The Labute approximate surface area is 212 Å². The van der Waals surface area contributed by atoms with Crippen LogP contribution in [0.4, 0.5) is 17.1 Å². The Balaban J connectivity index is 0.00000456. The highest BCUT2D eigenvalue weighted by Gasteiger charge is 2.18. The number of carbonyl (C=O) groups is 3. The Bertz CT molecular complexity index is 1290. The summed E-state index contributed by atoms with van der Waals surface area (Å²) in [6.45, 7) is 0.365. The second-order valence-electron chi connectivity index (χ2n) is 7.76. The lowest BCUT2D eigenvalue weighted by Crippen LogP contribution is -2.31. The van der Waals surface area contributed by atoms with Gasteiger partial charge in [0.2, 0.25) is 5.96 Å². The molecule has 14 nitrogen and oxygen atoms in total. The molecule has 3 aromatic heterocycles. The van der Waals surface area contributed by atoms with Gasteiger partial charge in [-0.1, -0.05) is 0 Å². The lowest BCUT2D eigenvalue weighted by Gasteiger charge is -2.04. The summed E-state index contributed by atoms with van der Waals surface area (Å²) in [5.41, 5.74) is 15.0. The molecule has 0 saturated carbocycles. The van der Waals surface area contributed by atoms with Crippen LogP contribution < -0.4 is 32.9 Å². The number of nitrogen functional groups attached to an aromatic ring is 1. The van der Waals surface area contributed by atoms with Gasteiger partial charge in [0.1, 0.15) is 17.1 Å². The summed E-state index contributed by atoms with van der Waals surface area (Å²) in [5.74, 6) is -1.31. The fourth-order valence-corrected chi connectivity index (χ4v) is 3.40. The minimum absolute atomic E-state index is 0. The van der Waals surface area contributed by atoms with E-state index in [1.165, 1.54) is 6.07 Å². The van der Waals surface area contributed by atoms with E-state index in [0.717, 1.165) is 0 Å². The number of nitrogens with one attached hydrogen (secondary N) is 4. The fourth-order valence-electron chi connectivity index (χ4n) is 3.40. The Hall–Kier alpha value is -4.43. The van der Waals surface area contributed by atoms with Crippen LogP contribution in [-0.2, 0) is 21.1 Å². The average molecular weight is 521 g/mol. The van der Waals surface area contributed by atoms with Crippen LogP contribution in [0.15, 0.2) is 41.8 Å². The van der Waals surface area contributed by atoms with Crippen LogP contribution >= 0.6 is 12.4 Å². The molecular formula is C21H29ClN10O4. The van der Waals surface area contributed by atoms with Crippen LogP contribution in [0.5, 0.6) is 0 Å². The summed E-state index contributed by atoms with van der Waals surface area (Å²) >= 11 is 0. The molecule has 36 heavy (non-hydrogen) atoms. The quantitative estimate of drug-likeness (QED) is 0.0953. The van der Waals surface area contributed by atoms with Crippen LogP contribution in [0.2, 0.25) is 0 Å². The first-order chi connectivity index (χ1) is 16.6. The first-order valence-electron chi connectivity index (χ1n) is 10.4. The minimum atomic E-state index is -0.421. The van der Waals surface area contributed by atoms with Gasteiger partial charge in [0, 0.05) is 46.3 Å². The van der Waals surface area contributed by atoms with Gasteiger partial charge in [-0.25, -0.2) is 10.5 Å². The molecule has 9 N–H and O–H groups in total. The predicted molar refractivity (Wildman–Crippen MR) is 138 cm³/mol. The maximum atomic E-state index is 12.8. The average Bonchev–Trinajstić information content (AvgIpc) is 3.46. The van der Waals surface area contributed by atoms with Crippen molar-refractivity contribution in [2.24, 2.45) is 31.9 Å². The fraction of sp³-hybridized carbons (Fsp3) is 0.238. The highest BCUT2D eigenvalue weighted by Crippen LogP contribution is 2.19. The second-order valence-corrected chi connectivity index (χ2v) is 7.76. The number of anilines is 3. The zero-order valence-corrected chi connectivity index (χ0v) is 20.7. The number of aryl methyl sites for hydroxylation is 3. The monoisotopic (exact) mass is 520 g/mol. The van der Waals surface area contributed by atoms with Gasteiger partial charge in [0.05, 0.1) is 23.6 Å². The molecule has 0 aliphatic rings. The molecule has 0 bridgehead atoms. The number of guanidine groups is 1. The summed E-state index contributed by atoms with van der Waals surface area (Å²) in [7, 11) is 5.06. The number of rotatable bonds is 8. The second kappa shape index (κ2) is 11.8. The topological polar surface area (TPSA) is 199 Å². The van der Waals surface area contributed by atoms with Crippen molar-refractivity contribution in [3.05, 3.63) is 53.9 Å². The molecule has 3 heterocycles. The molecular weight excluding hydrogens is 492 g/mol. The number of nitrogens with two attached hydrogens (primary N) is 2. The number of aromatic nitrogens is 3. The molecule has 3 rings (SSSR count). The van der Waals surface area contributed by atoms with Gasteiger partial charge in [-0.3, -0.25) is 19.6 Å². The summed E-state index contributed by atoms with van der Waals surface area (Å²) in [4.78, 5) is 41.5. The van der Waals surface area contributed by atoms with Crippen molar-refractivity contribution in [2.45, 2.75) is 0 Å². The third-order valence-electron chi connectivity index (χ3n) is 5.04. The Morgan fingerprint density at radius 3 is 1.81 bits per heavy atom. The van der Waals surface area contributed by atoms with E-state index in [2.05, 4.69) is 20.9 Å². The number of halogens is 1. The predicted octanol–water partition coefficient (Wildman–Crippen LogP) is 0.234. The SMILES string of the molecule is Cl.Cn1cc(NC(=O)c2cc(NC(=O)c3cc(N)cn3C)cn2C)cc1C(=O)NCCN=C(N)NO. The molecule has 0 unspecified atom stereocenters. The lowest BCUT2D eigenvalue weighted by molar-refractivity contribution is 0.0945. The van der Waals surface area contributed by atoms with Gasteiger partial charge in [-0.05, 0) is 18.2 Å². The van der Waals surface area contributed by atoms with Crippen molar-refractivity contribution in [1.29, 1.82) is 0 Å². The molecule has 0 radical (unpaired) electrons. The van der Waals surface area contributed by atoms with Gasteiger partial charge in [0.25, 0.3) is 17.7 Å². The zero-order chi connectivity index (χ0) is 25.7. The van der Waals surface area contributed by atoms with Crippen molar-refractivity contribution in [3.8, 4) is 0 Å². The highest BCUT2D eigenvalue weighted by atomic mass is 35.5. The largest absolute Gasteiger partial charge is 0.397 e. The van der Waals surface area contributed by atoms with Crippen LogP contribution in [0, 0.1) is 0 Å². The van der Waals surface area contributed by atoms with E-state index in [4.69, 9.17) is 16.7 Å². The maximum absolute atomic E-state index is 12.8. The Kier molecular flexibility index (Phi) is 9.13. The molecule has 0 saturated heterocycles. The molecule has 0 fully saturated rings. The maximum Gasteiger partial charge on any atom is 0.272 e. The van der Waals surface area contributed by atoms with E-state index in [-0.39, 0.29) is 43.3 Å². The molecule has 194 valence electrons. The van der Waals surface area contributed by atoms with E-state index < -0.39 is 5.91 Å². The molecule has 0 aliphatic heterocycles. The number of amides is 3. The zero-order valence-electron chi connectivity index (χ0n) is 19.9. The molecule has 0 atom stereocenters. The molecule has 3 aromatic rings. The normalized spacial score (nSPS) is 10.9.